The van der Waals surface area contributed by atoms with E-state index < -0.39 is 10.0 Å². The Labute approximate surface area is 164 Å². The molecule has 1 fully saturated rings. The van der Waals surface area contributed by atoms with Crippen LogP contribution >= 0.6 is 0 Å². The van der Waals surface area contributed by atoms with E-state index in [-0.39, 0.29) is 10.8 Å². The normalized spacial score (nSPS) is 15.9. The van der Waals surface area contributed by atoms with Gasteiger partial charge in [0.25, 0.3) is 5.91 Å². The minimum atomic E-state index is -3.58. The van der Waals surface area contributed by atoms with Crippen LogP contribution in [0.4, 0.5) is 0 Å². The van der Waals surface area contributed by atoms with Crippen LogP contribution in [-0.2, 0) is 10.0 Å². The van der Waals surface area contributed by atoms with Gasteiger partial charge in [-0.25, -0.2) is 8.42 Å². The number of sulfonamides is 1. The molecule has 0 bridgehead atoms. The van der Waals surface area contributed by atoms with Gasteiger partial charge in [-0.05, 0) is 63.5 Å². The number of carbonyl (C=O) groups is 1. The average Bonchev–Trinajstić information content (AvgIpc) is 2.67. The molecule has 0 saturated carbocycles. The summed E-state index contributed by atoms with van der Waals surface area (Å²) in [6.45, 7) is 10.1. The number of hydrogen-bond acceptors (Lipinski definition) is 4. The van der Waals surface area contributed by atoms with Gasteiger partial charge in [-0.15, -0.1) is 0 Å². The molecule has 1 amide bonds. The van der Waals surface area contributed by atoms with E-state index in [1.54, 1.807) is 19.1 Å². The number of amides is 1. The van der Waals surface area contributed by atoms with Gasteiger partial charge in [0.15, 0.2) is 0 Å². The van der Waals surface area contributed by atoms with Crippen molar-refractivity contribution in [3.05, 3.63) is 29.3 Å². The Morgan fingerprint density at radius 1 is 1.15 bits per heavy atom. The molecule has 1 aliphatic rings. The number of aryl methyl sites for hydroxylation is 1. The lowest BCUT2D eigenvalue weighted by Crippen LogP contribution is -2.33. The highest BCUT2D eigenvalue weighted by Crippen LogP contribution is 2.21. The lowest BCUT2D eigenvalue weighted by Gasteiger charge is -2.26. The molecule has 0 aromatic heterocycles. The van der Waals surface area contributed by atoms with Gasteiger partial charge in [-0.1, -0.05) is 26.3 Å². The fraction of sp³-hybridized carbons (Fsp3) is 0.650. The highest BCUT2D eigenvalue weighted by molar-refractivity contribution is 7.89. The molecule has 6 nitrogen and oxygen atoms in total. The second kappa shape index (κ2) is 10.2. The third-order valence-electron chi connectivity index (χ3n) is 5.16. The van der Waals surface area contributed by atoms with Gasteiger partial charge in [0.05, 0.1) is 4.90 Å². The Balaban J connectivity index is 1.98. The number of nitrogens with zero attached hydrogens (tertiary/aromatic N) is 2. The molecule has 27 heavy (non-hydrogen) atoms. The van der Waals surface area contributed by atoms with Crippen molar-refractivity contribution in [1.29, 1.82) is 0 Å². The molecule has 1 aromatic carbocycles. The monoisotopic (exact) mass is 395 g/mol. The minimum absolute atomic E-state index is 0.215. The molecule has 0 atom stereocenters. The molecule has 0 spiro atoms. The van der Waals surface area contributed by atoms with Gasteiger partial charge in [0.2, 0.25) is 10.0 Å². The Morgan fingerprint density at radius 2 is 1.81 bits per heavy atom. The van der Waals surface area contributed by atoms with Gasteiger partial charge >= 0.3 is 0 Å². The molecule has 1 aliphatic heterocycles. The zero-order valence-corrected chi connectivity index (χ0v) is 17.6. The van der Waals surface area contributed by atoms with Crippen molar-refractivity contribution < 1.29 is 13.2 Å². The lowest BCUT2D eigenvalue weighted by molar-refractivity contribution is 0.0951. The fourth-order valence-corrected chi connectivity index (χ4v) is 5.22. The second-order valence-corrected chi connectivity index (χ2v) is 8.99. The summed E-state index contributed by atoms with van der Waals surface area (Å²) in [6.07, 6.45) is 4.75. The fourth-order valence-electron chi connectivity index (χ4n) is 3.51. The van der Waals surface area contributed by atoms with Crippen molar-refractivity contribution in [2.75, 3.05) is 39.3 Å². The molecular formula is C20H33N3O3S. The van der Waals surface area contributed by atoms with E-state index in [2.05, 4.69) is 10.2 Å². The van der Waals surface area contributed by atoms with Crippen molar-refractivity contribution in [1.82, 2.24) is 14.5 Å². The molecular weight excluding hydrogens is 362 g/mol. The van der Waals surface area contributed by atoms with Crippen LogP contribution in [0.5, 0.6) is 0 Å². The van der Waals surface area contributed by atoms with E-state index in [1.165, 1.54) is 29.6 Å². The van der Waals surface area contributed by atoms with E-state index in [0.717, 1.165) is 26.1 Å². The van der Waals surface area contributed by atoms with Gasteiger partial charge < -0.3 is 10.2 Å². The van der Waals surface area contributed by atoms with Gasteiger partial charge in [-0.3, -0.25) is 4.79 Å². The smallest absolute Gasteiger partial charge is 0.251 e. The number of rotatable bonds is 9. The summed E-state index contributed by atoms with van der Waals surface area (Å²) in [4.78, 5) is 15.1. The van der Waals surface area contributed by atoms with Crippen molar-refractivity contribution in [2.45, 2.75) is 51.3 Å². The van der Waals surface area contributed by atoms with Crippen LogP contribution in [0.2, 0.25) is 0 Å². The molecule has 0 radical (unpaired) electrons. The van der Waals surface area contributed by atoms with Gasteiger partial charge in [-0.2, -0.15) is 4.31 Å². The summed E-state index contributed by atoms with van der Waals surface area (Å²) < 4.78 is 27.0. The topological polar surface area (TPSA) is 69.7 Å². The molecule has 1 N–H and O–H groups in total. The Kier molecular flexibility index (Phi) is 8.26. The maximum atomic E-state index is 12.8. The first-order valence-corrected chi connectivity index (χ1v) is 11.5. The van der Waals surface area contributed by atoms with Gasteiger partial charge in [0.1, 0.15) is 0 Å². The number of nitrogens with one attached hydrogen (secondary N) is 1. The summed E-state index contributed by atoms with van der Waals surface area (Å²) in [5.41, 5.74) is 1.05. The quantitative estimate of drug-likeness (QED) is 0.653. The van der Waals surface area contributed by atoms with Crippen LogP contribution < -0.4 is 5.32 Å². The van der Waals surface area contributed by atoms with Crippen molar-refractivity contribution in [3.63, 3.8) is 0 Å². The molecule has 2 rings (SSSR count). The van der Waals surface area contributed by atoms with Crippen LogP contribution in [0.1, 0.15) is 55.5 Å². The van der Waals surface area contributed by atoms with E-state index in [1.807, 2.05) is 13.8 Å². The van der Waals surface area contributed by atoms with Crippen LogP contribution in [-0.4, -0.2) is 62.8 Å². The zero-order valence-electron chi connectivity index (χ0n) is 16.8. The standard InChI is InChI=1S/C20H33N3O3S/c1-4-23(5-2)27(25,26)19-16-18(11-10-17(19)3)20(24)21-12-9-15-22-13-7-6-8-14-22/h10-11,16H,4-9,12-15H2,1-3H3,(H,21,24). The number of carbonyl (C=O) groups excluding carboxylic acids is 1. The molecule has 152 valence electrons. The number of hydrogen-bond donors (Lipinski definition) is 1. The Hall–Kier alpha value is -1.44. The summed E-state index contributed by atoms with van der Waals surface area (Å²) in [6, 6.07) is 4.90. The highest BCUT2D eigenvalue weighted by Gasteiger charge is 2.24. The minimum Gasteiger partial charge on any atom is -0.352 e. The summed E-state index contributed by atoms with van der Waals surface area (Å²) in [5.74, 6) is -0.218. The lowest BCUT2D eigenvalue weighted by atomic mass is 10.1. The van der Waals surface area contributed by atoms with E-state index in [4.69, 9.17) is 0 Å². The molecule has 0 unspecified atom stereocenters. The van der Waals surface area contributed by atoms with E-state index >= 15 is 0 Å². The van der Waals surface area contributed by atoms with E-state index in [9.17, 15) is 13.2 Å². The Morgan fingerprint density at radius 3 is 2.44 bits per heavy atom. The molecule has 1 heterocycles. The van der Waals surface area contributed by atoms with Crippen LogP contribution in [0.3, 0.4) is 0 Å². The number of benzene rings is 1. The van der Waals surface area contributed by atoms with Crippen LogP contribution in [0.25, 0.3) is 0 Å². The van der Waals surface area contributed by atoms with Crippen LogP contribution in [0.15, 0.2) is 23.1 Å². The zero-order chi connectivity index (χ0) is 19.9. The first kappa shape index (κ1) is 21.9. The number of likely N-dealkylation sites (tertiary alicyclic amines) is 1. The maximum Gasteiger partial charge on any atom is 0.251 e. The highest BCUT2D eigenvalue weighted by atomic mass is 32.2. The molecule has 7 heteroatoms. The maximum absolute atomic E-state index is 12.8. The van der Waals surface area contributed by atoms with Crippen molar-refractivity contribution in [2.24, 2.45) is 0 Å². The average molecular weight is 396 g/mol. The first-order valence-electron chi connectivity index (χ1n) is 10.0. The first-order chi connectivity index (χ1) is 12.9. The SMILES string of the molecule is CCN(CC)S(=O)(=O)c1cc(C(=O)NCCCN2CCCCC2)ccc1C. The largest absolute Gasteiger partial charge is 0.352 e. The predicted octanol–water partition coefficient (Wildman–Crippen LogP) is 2.63. The molecule has 1 aromatic rings. The van der Waals surface area contributed by atoms with Crippen molar-refractivity contribution >= 4 is 15.9 Å². The molecule has 1 saturated heterocycles. The summed E-state index contributed by atoms with van der Waals surface area (Å²) in [5, 5.41) is 2.92. The Bertz CT molecular complexity index is 724. The predicted molar refractivity (Wildman–Crippen MR) is 109 cm³/mol. The summed E-state index contributed by atoms with van der Waals surface area (Å²) in [7, 11) is -3.58. The third kappa shape index (κ3) is 5.77. The van der Waals surface area contributed by atoms with Gasteiger partial charge in [0, 0.05) is 25.2 Å². The molecule has 0 aliphatic carbocycles. The summed E-state index contributed by atoms with van der Waals surface area (Å²) >= 11 is 0. The third-order valence-corrected chi connectivity index (χ3v) is 7.35. The second-order valence-electron chi connectivity index (χ2n) is 7.08. The van der Waals surface area contributed by atoms with Crippen molar-refractivity contribution in [3.8, 4) is 0 Å². The van der Waals surface area contributed by atoms with E-state index in [0.29, 0.717) is 30.8 Å². The van der Waals surface area contributed by atoms with Crippen LogP contribution in [0, 0.1) is 6.92 Å². The number of piperidine rings is 1.